The normalized spacial score (nSPS) is 22.4. The molecule has 272 valence electrons. The van der Waals surface area contributed by atoms with Crippen LogP contribution in [0.2, 0.25) is 0 Å². The first-order valence-electron chi connectivity index (χ1n) is 17.3. The van der Waals surface area contributed by atoms with E-state index in [1.807, 2.05) is 27.7 Å². The van der Waals surface area contributed by atoms with Crippen LogP contribution in [0.3, 0.4) is 0 Å². The van der Waals surface area contributed by atoms with E-state index in [4.69, 9.17) is 10.5 Å². The van der Waals surface area contributed by atoms with E-state index in [9.17, 15) is 17.6 Å². The van der Waals surface area contributed by atoms with Gasteiger partial charge in [0.15, 0.2) is 5.82 Å². The maximum absolute atomic E-state index is 14.4. The summed E-state index contributed by atoms with van der Waals surface area (Å²) >= 11 is 0. The third-order valence-corrected chi connectivity index (χ3v) is 12.5. The van der Waals surface area contributed by atoms with Crippen LogP contribution in [0.1, 0.15) is 70.2 Å². The number of benzene rings is 1. The zero-order valence-electron chi connectivity index (χ0n) is 29.0. The minimum Gasteiger partial charge on any atom is -0.434 e. The van der Waals surface area contributed by atoms with Crippen molar-refractivity contribution in [3.05, 3.63) is 35.9 Å². The molecule has 4 aliphatic heterocycles. The summed E-state index contributed by atoms with van der Waals surface area (Å²) in [6, 6.07) is 3.71. The number of hydrogen-bond acceptors (Lipinski definition) is 10. The van der Waals surface area contributed by atoms with Crippen molar-refractivity contribution in [1.82, 2.24) is 33.6 Å². The average molecular weight is 724 g/mol. The van der Waals surface area contributed by atoms with Gasteiger partial charge in [0.1, 0.15) is 17.9 Å². The minimum atomic E-state index is -3.42. The van der Waals surface area contributed by atoms with E-state index in [2.05, 4.69) is 25.0 Å². The second-order valence-electron chi connectivity index (χ2n) is 14.6. The SMILES string of the molecule is CC(C)N(C(=O)c1cc(F)ccc1Oc1nncnc1N1CC2(CCN(CC3CCN(S(=O)(=O)N4CC[C@@H](N)C4)CC3)CC2)C1)C(C)C.Cl. The first-order chi connectivity index (χ1) is 22.8. The number of hydrogen-bond donors (Lipinski definition) is 1. The molecule has 1 aromatic heterocycles. The summed E-state index contributed by atoms with van der Waals surface area (Å²) in [5, 5.41) is 8.16. The molecule has 1 amide bonds. The van der Waals surface area contributed by atoms with Gasteiger partial charge in [-0.1, -0.05) is 0 Å². The van der Waals surface area contributed by atoms with Gasteiger partial charge in [0, 0.05) is 69.4 Å². The molecule has 0 aliphatic carbocycles. The number of likely N-dealkylation sites (tertiary alicyclic amines) is 1. The second-order valence-corrected chi connectivity index (χ2v) is 16.6. The molecule has 4 saturated heterocycles. The Balaban J connectivity index is 0.00000468. The van der Waals surface area contributed by atoms with Gasteiger partial charge in [0.25, 0.3) is 22.0 Å². The van der Waals surface area contributed by atoms with E-state index in [0.717, 1.165) is 64.8 Å². The first-order valence-corrected chi connectivity index (χ1v) is 18.7. The number of nitrogens with two attached hydrogens (primary N) is 1. The Morgan fingerprint density at radius 3 is 2.31 bits per heavy atom. The molecule has 1 atom stereocenters. The van der Waals surface area contributed by atoms with E-state index >= 15 is 0 Å². The highest BCUT2D eigenvalue weighted by atomic mass is 35.5. The third-order valence-electron chi connectivity index (χ3n) is 10.5. The first kappa shape index (κ1) is 37.6. The van der Waals surface area contributed by atoms with Crippen LogP contribution >= 0.6 is 12.4 Å². The number of amides is 1. The van der Waals surface area contributed by atoms with Crippen LogP contribution in [-0.2, 0) is 10.2 Å². The summed E-state index contributed by atoms with van der Waals surface area (Å²) in [6.07, 6.45) is 6.01. The van der Waals surface area contributed by atoms with Gasteiger partial charge in [-0.2, -0.15) is 17.0 Å². The molecule has 6 rings (SSSR count). The van der Waals surface area contributed by atoms with E-state index in [1.165, 1.54) is 24.5 Å². The number of rotatable bonds is 10. The molecular formula is C33H51ClFN9O4S. The molecule has 0 unspecified atom stereocenters. The second kappa shape index (κ2) is 15.3. The summed E-state index contributed by atoms with van der Waals surface area (Å²) in [4.78, 5) is 24.4. The van der Waals surface area contributed by atoms with E-state index in [0.29, 0.717) is 37.9 Å². The van der Waals surface area contributed by atoms with Crippen LogP contribution in [0.4, 0.5) is 10.2 Å². The maximum atomic E-state index is 14.4. The molecule has 2 N–H and O–H groups in total. The Kier molecular flexibility index (Phi) is 11.7. The van der Waals surface area contributed by atoms with Crippen molar-refractivity contribution in [2.75, 3.05) is 63.8 Å². The van der Waals surface area contributed by atoms with Gasteiger partial charge in [-0.3, -0.25) is 4.79 Å². The number of anilines is 1. The third kappa shape index (κ3) is 8.12. The Morgan fingerprint density at radius 1 is 1.04 bits per heavy atom. The number of halogens is 2. The minimum absolute atomic E-state index is 0. The standard InChI is InChI=1S/C33H50FN9O4S.ClH/c1-23(2)43(24(3)4)32(44)28-17-26(34)5-6-29(28)47-31-30(36-22-37-38-31)40-20-33(21-40)10-15-39(16-11-33)18-25-7-12-41(13-8-25)48(45,46)42-14-9-27(35)19-42;/h5-6,17,22-25,27H,7-16,18-21,35H2,1-4H3;1H/t27-;/m1./s1. The van der Waals surface area contributed by atoms with Gasteiger partial charge in [0.05, 0.1) is 5.56 Å². The highest BCUT2D eigenvalue weighted by molar-refractivity contribution is 7.86. The monoisotopic (exact) mass is 723 g/mol. The molecule has 1 aromatic carbocycles. The predicted octanol–water partition coefficient (Wildman–Crippen LogP) is 3.38. The zero-order valence-corrected chi connectivity index (χ0v) is 30.6. The summed E-state index contributed by atoms with van der Waals surface area (Å²) in [5.41, 5.74) is 6.26. The predicted molar refractivity (Wildman–Crippen MR) is 188 cm³/mol. The number of carbonyl (C=O) groups excluding carboxylic acids is 1. The molecule has 4 fully saturated rings. The van der Waals surface area contributed by atoms with Crippen molar-refractivity contribution >= 4 is 34.3 Å². The number of carbonyl (C=O) groups is 1. The van der Waals surface area contributed by atoms with Gasteiger partial charge >= 0.3 is 0 Å². The van der Waals surface area contributed by atoms with Crippen LogP contribution in [0.5, 0.6) is 11.6 Å². The fourth-order valence-electron chi connectivity index (χ4n) is 7.86. The Hall–Kier alpha value is -2.69. The average Bonchev–Trinajstić information content (AvgIpc) is 3.49. The summed E-state index contributed by atoms with van der Waals surface area (Å²) in [6.45, 7) is 14.4. The smallest absolute Gasteiger partial charge is 0.282 e. The van der Waals surface area contributed by atoms with E-state index in [1.54, 1.807) is 13.5 Å². The summed E-state index contributed by atoms with van der Waals surface area (Å²) in [7, 11) is -3.42. The van der Waals surface area contributed by atoms with Gasteiger partial charge < -0.3 is 25.2 Å². The van der Waals surface area contributed by atoms with Crippen LogP contribution in [0.15, 0.2) is 24.5 Å². The lowest BCUT2D eigenvalue weighted by molar-refractivity contribution is 0.0607. The number of aromatic nitrogens is 3. The van der Waals surface area contributed by atoms with Gasteiger partial charge in [-0.25, -0.2) is 9.37 Å². The van der Waals surface area contributed by atoms with E-state index < -0.39 is 16.0 Å². The Morgan fingerprint density at radius 2 is 1.69 bits per heavy atom. The number of piperidine rings is 2. The van der Waals surface area contributed by atoms with Gasteiger partial charge in [-0.15, -0.1) is 22.6 Å². The fraction of sp³-hybridized carbons (Fsp3) is 0.697. The van der Waals surface area contributed by atoms with Crippen LogP contribution in [-0.4, -0.2) is 125 Å². The molecule has 1 spiro atoms. The highest BCUT2D eigenvalue weighted by Gasteiger charge is 2.47. The van der Waals surface area contributed by atoms with Crippen molar-refractivity contribution in [1.29, 1.82) is 0 Å². The van der Waals surface area contributed by atoms with Crippen molar-refractivity contribution in [2.24, 2.45) is 17.1 Å². The van der Waals surface area contributed by atoms with Crippen LogP contribution in [0.25, 0.3) is 0 Å². The van der Waals surface area contributed by atoms with Gasteiger partial charge in [0.2, 0.25) is 0 Å². The molecular weight excluding hydrogens is 673 g/mol. The molecule has 4 aliphatic rings. The topological polar surface area (TPSA) is 141 Å². The molecule has 5 heterocycles. The van der Waals surface area contributed by atoms with Gasteiger partial charge in [-0.05, 0) is 97.0 Å². The largest absolute Gasteiger partial charge is 0.434 e. The Labute approximate surface area is 295 Å². The summed E-state index contributed by atoms with van der Waals surface area (Å²) in [5.74, 6) is 0.615. The van der Waals surface area contributed by atoms with Crippen LogP contribution in [0, 0.1) is 17.2 Å². The number of nitrogens with zero attached hydrogens (tertiary/aromatic N) is 8. The number of ether oxygens (including phenoxy) is 1. The van der Waals surface area contributed by atoms with Crippen molar-refractivity contribution in [2.45, 2.75) is 77.9 Å². The molecule has 0 radical (unpaired) electrons. The van der Waals surface area contributed by atoms with Crippen LogP contribution < -0.4 is 15.4 Å². The molecule has 0 bridgehead atoms. The van der Waals surface area contributed by atoms with Crippen molar-refractivity contribution < 1.29 is 22.3 Å². The maximum Gasteiger partial charge on any atom is 0.282 e. The fourth-order valence-corrected chi connectivity index (χ4v) is 9.58. The highest BCUT2D eigenvalue weighted by Crippen LogP contribution is 2.44. The lowest BCUT2D eigenvalue weighted by Gasteiger charge is -2.54. The molecule has 13 nitrogen and oxygen atoms in total. The molecule has 16 heteroatoms. The molecule has 2 aromatic rings. The van der Waals surface area contributed by atoms with Crippen molar-refractivity contribution in [3.8, 4) is 11.6 Å². The lowest BCUT2D eigenvalue weighted by Crippen LogP contribution is -2.61. The molecule has 49 heavy (non-hydrogen) atoms. The lowest BCUT2D eigenvalue weighted by atomic mass is 9.72. The zero-order chi connectivity index (χ0) is 34.2. The van der Waals surface area contributed by atoms with E-state index in [-0.39, 0.29) is 59.0 Å². The Bertz CT molecular complexity index is 1550. The summed E-state index contributed by atoms with van der Waals surface area (Å²) < 4.78 is 49.8. The quantitative estimate of drug-likeness (QED) is 0.388. The molecule has 0 saturated carbocycles. The van der Waals surface area contributed by atoms with Crippen molar-refractivity contribution in [3.63, 3.8) is 0 Å².